The summed E-state index contributed by atoms with van der Waals surface area (Å²) in [6.07, 6.45) is 5.40. The van der Waals surface area contributed by atoms with Gasteiger partial charge in [-0.15, -0.1) is 0 Å². The molecule has 8 nitrogen and oxygen atoms in total. The lowest BCUT2D eigenvalue weighted by Crippen LogP contribution is -2.20. The first kappa shape index (κ1) is 22.0. The minimum Gasteiger partial charge on any atom is -0.384 e. The molecule has 0 aliphatic heterocycles. The van der Waals surface area contributed by atoms with Crippen LogP contribution < -0.4 is 5.32 Å². The van der Waals surface area contributed by atoms with Gasteiger partial charge in [-0.25, -0.2) is 4.39 Å². The Morgan fingerprint density at radius 3 is 2.64 bits per heavy atom. The number of pyridine rings is 1. The van der Waals surface area contributed by atoms with Crippen LogP contribution in [0.15, 0.2) is 67.1 Å². The van der Waals surface area contributed by atoms with Crippen LogP contribution in [0.3, 0.4) is 0 Å². The number of benzene rings is 2. The van der Waals surface area contributed by atoms with E-state index in [2.05, 4.69) is 46.6 Å². The Labute approximate surface area is 206 Å². The lowest BCUT2D eigenvalue weighted by molar-refractivity contribution is 0.425. The highest BCUT2D eigenvalue weighted by molar-refractivity contribution is 6.01. The fourth-order valence-corrected chi connectivity index (χ4v) is 4.47. The Morgan fingerprint density at radius 2 is 1.81 bits per heavy atom. The highest BCUT2D eigenvalue weighted by Crippen LogP contribution is 2.35. The van der Waals surface area contributed by atoms with Gasteiger partial charge in [-0.1, -0.05) is 6.07 Å². The molecule has 4 aromatic heterocycles. The number of halogens is 1. The molecule has 2 aromatic carbocycles. The van der Waals surface area contributed by atoms with Crippen LogP contribution in [0.2, 0.25) is 0 Å². The summed E-state index contributed by atoms with van der Waals surface area (Å²) in [5, 5.41) is 19.8. The minimum absolute atomic E-state index is 0.306. The maximum Gasteiger partial charge on any atom is 0.125 e. The van der Waals surface area contributed by atoms with Gasteiger partial charge in [0.05, 0.1) is 23.1 Å². The fraction of sp³-hybridized carbons (Fsp3) is 0.148. The van der Waals surface area contributed by atoms with Crippen LogP contribution in [0.25, 0.3) is 55.6 Å². The zero-order valence-corrected chi connectivity index (χ0v) is 19.9. The first-order chi connectivity index (χ1) is 17.5. The second-order valence-electron chi connectivity index (χ2n) is 9.08. The van der Waals surface area contributed by atoms with Crippen molar-refractivity contribution in [1.29, 1.82) is 0 Å². The number of hydrogen-bond donors (Lipinski definition) is 4. The van der Waals surface area contributed by atoms with E-state index >= 15 is 0 Å². The average Bonchev–Trinajstić information content (AvgIpc) is 3.62. The van der Waals surface area contributed by atoms with Gasteiger partial charge in [0.1, 0.15) is 11.5 Å². The Morgan fingerprint density at radius 1 is 0.917 bits per heavy atom. The Hall–Kier alpha value is -4.50. The van der Waals surface area contributed by atoms with E-state index in [-0.39, 0.29) is 5.82 Å². The molecule has 4 N–H and O–H groups in total. The first-order valence-electron chi connectivity index (χ1n) is 11.7. The summed E-state index contributed by atoms with van der Waals surface area (Å²) < 4.78 is 14.5. The smallest absolute Gasteiger partial charge is 0.125 e. The zero-order valence-electron chi connectivity index (χ0n) is 19.9. The SMILES string of the molecule is CN(C)CCNc1cc(F)cc(-c2nccc3[nH]c(-c4n[nH]c5ccc(-c6cn[nH]c6)cc45)cc23)c1. The van der Waals surface area contributed by atoms with Crippen molar-refractivity contribution >= 4 is 27.5 Å². The molecule has 180 valence electrons. The van der Waals surface area contributed by atoms with Crippen molar-refractivity contribution in [3.05, 3.63) is 72.9 Å². The predicted octanol–water partition coefficient (Wildman–Crippen LogP) is 5.28. The molecule has 6 aromatic rings. The molecule has 0 fully saturated rings. The quantitative estimate of drug-likeness (QED) is 0.249. The molecule has 4 heterocycles. The van der Waals surface area contributed by atoms with Crippen molar-refractivity contribution < 1.29 is 4.39 Å². The fourth-order valence-electron chi connectivity index (χ4n) is 4.47. The second kappa shape index (κ2) is 8.94. The van der Waals surface area contributed by atoms with Gasteiger partial charge in [0, 0.05) is 58.6 Å². The van der Waals surface area contributed by atoms with Crippen molar-refractivity contribution in [2.45, 2.75) is 0 Å². The second-order valence-corrected chi connectivity index (χ2v) is 9.08. The number of rotatable bonds is 7. The Kier molecular flexibility index (Phi) is 5.46. The largest absolute Gasteiger partial charge is 0.384 e. The number of aromatic amines is 3. The van der Waals surface area contributed by atoms with Crippen LogP contribution >= 0.6 is 0 Å². The van der Waals surface area contributed by atoms with Crippen molar-refractivity contribution in [1.82, 2.24) is 35.3 Å². The van der Waals surface area contributed by atoms with Crippen LogP contribution in [0.1, 0.15) is 0 Å². The molecule has 0 radical (unpaired) electrons. The van der Waals surface area contributed by atoms with E-state index in [1.54, 1.807) is 12.4 Å². The monoisotopic (exact) mass is 480 g/mol. The average molecular weight is 481 g/mol. The van der Waals surface area contributed by atoms with E-state index in [9.17, 15) is 4.39 Å². The van der Waals surface area contributed by atoms with E-state index in [0.29, 0.717) is 11.3 Å². The first-order valence-corrected chi connectivity index (χ1v) is 11.7. The number of H-pyrrole nitrogens is 3. The third kappa shape index (κ3) is 4.09. The molecule has 36 heavy (non-hydrogen) atoms. The molecule has 0 atom stereocenters. The Bertz CT molecular complexity index is 1660. The summed E-state index contributed by atoms with van der Waals surface area (Å²) in [7, 11) is 4.02. The lowest BCUT2D eigenvalue weighted by atomic mass is 10.0. The number of nitrogens with zero attached hydrogens (tertiary/aromatic N) is 4. The van der Waals surface area contributed by atoms with Crippen LogP contribution in [0, 0.1) is 5.82 Å². The number of fused-ring (bicyclic) bond motifs is 2. The maximum absolute atomic E-state index is 14.5. The number of anilines is 1. The number of nitrogens with one attached hydrogen (secondary N) is 4. The molecular formula is C27H25FN8. The third-order valence-corrected chi connectivity index (χ3v) is 6.26. The standard InChI is InChI=1S/C27H25FN8/c1-36(2)8-7-29-20-10-17(9-19(28)12-20)26-22-13-25(33-23(22)5-6-30-26)27-21-11-16(18-14-31-32-15-18)3-4-24(21)34-35-27/h3-6,9-15,29,33H,7-8H2,1-2H3,(H,31,32)(H,34,35). The van der Waals surface area contributed by atoms with E-state index in [4.69, 9.17) is 0 Å². The van der Waals surface area contributed by atoms with Crippen LogP contribution in [-0.2, 0) is 0 Å². The summed E-state index contributed by atoms with van der Waals surface area (Å²) >= 11 is 0. The molecule has 6 rings (SSSR count). The molecule has 0 unspecified atom stereocenters. The minimum atomic E-state index is -0.306. The topological polar surface area (TPSA) is 101 Å². The van der Waals surface area contributed by atoms with Gasteiger partial charge in [0.2, 0.25) is 0 Å². The van der Waals surface area contributed by atoms with E-state index in [1.165, 1.54) is 12.1 Å². The van der Waals surface area contributed by atoms with E-state index < -0.39 is 0 Å². The van der Waals surface area contributed by atoms with Crippen molar-refractivity contribution in [3.8, 4) is 33.8 Å². The van der Waals surface area contributed by atoms with Crippen LogP contribution in [0.4, 0.5) is 10.1 Å². The Balaban J connectivity index is 1.41. The van der Waals surface area contributed by atoms with E-state index in [0.717, 1.165) is 63.1 Å². The lowest BCUT2D eigenvalue weighted by Gasteiger charge is -2.12. The molecule has 0 saturated carbocycles. The number of hydrogen-bond acceptors (Lipinski definition) is 5. The van der Waals surface area contributed by atoms with Gasteiger partial charge >= 0.3 is 0 Å². The van der Waals surface area contributed by atoms with Gasteiger partial charge in [0.25, 0.3) is 0 Å². The number of likely N-dealkylation sites (N-methyl/N-ethyl adjacent to an activating group) is 1. The molecule has 0 aliphatic carbocycles. The van der Waals surface area contributed by atoms with Gasteiger partial charge in [-0.2, -0.15) is 10.2 Å². The van der Waals surface area contributed by atoms with Gasteiger partial charge in [-0.05, 0) is 62.1 Å². The molecular weight excluding hydrogens is 455 g/mol. The summed E-state index contributed by atoms with van der Waals surface area (Å²) in [6.45, 7) is 1.57. The molecule has 9 heteroatoms. The van der Waals surface area contributed by atoms with Crippen molar-refractivity contribution in [2.75, 3.05) is 32.5 Å². The molecule has 0 bridgehead atoms. The summed E-state index contributed by atoms with van der Waals surface area (Å²) in [5.41, 5.74) is 7.72. The van der Waals surface area contributed by atoms with Gasteiger partial charge in [0.15, 0.2) is 0 Å². The normalized spacial score (nSPS) is 11.7. The summed E-state index contributed by atoms with van der Waals surface area (Å²) in [6, 6.07) is 15.1. The highest BCUT2D eigenvalue weighted by Gasteiger charge is 2.16. The third-order valence-electron chi connectivity index (χ3n) is 6.26. The predicted molar refractivity (Wildman–Crippen MR) is 141 cm³/mol. The van der Waals surface area contributed by atoms with Gasteiger partial charge in [-0.3, -0.25) is 15.2 Å². The van der Waals surface area contributed by atoms with Crippen LogP contribution in [-0.4, -0.2) is 62.4 Å². The molecule has 0 aliphatic rings. The van der Waals surface area contributed by atoms with E-state index in [1.807, 2.05) is 50.6 Å². The molecule has 0 amide bonds. The van der Waals surface area contributed by atoms with Crippen molar-refractivity contribution in [2.24, 2.45) is 0 Å². The maximum atomic E-state index is 14.5. The van der Waals surface area contributed by atoms with Gasteiger partial charge < -0.3 is 15.2 Å². The van der Waals surface area contributed by atoms with Crippen molar-refractivity contribution in [3.63, 3.8) is 0 Å². The summed E-state index contributed by atoms with van der Waals surface area (Å²) in [4.78, 5) is 10.2. The summed E-state index contributed by atoms with van der Waals surface area (Å²) in [5.74, 6) is -0.306. The van der Waals surface area contributed by atoms with Crippen LogP contribution in [0.5, 0.6) is 0 Å². The number of aromatic nitrogens is 6. The molecule has 0 saturated heterocycles. The zero-order chi connectivity index (χ0) is 24.6. The molecule has 0 spiro atoms. The highest BCUT2D eigenvalue weighted by atomic mass is 19.1.